The fraction of sp³-hybridized carbons (Fsp3) is 0.588. The second-order valence-corrected chi connectivity index (χ2v) is 6.04. The molecule has 1 aliphatic heterocycles. The number of benzene rings is 1. The molecule has 2 unspecified atom stereocenters. The van der Waals surface area contributed by atoms with Gasteiger partial charge in [-0.05, 0) is 24.6 Å². The topological polar surface area (TPSA) is 54.0 Å². The molecule has 1 amide bonds. The van der Waals surface area contributed by atoms with Gasteiger partial charge >= 0.3 is 0 Å². The van der Waals surface area contributed by atoms with Gasteiger partial charge in [-0.2, -0.15) is 0 Å². The first-order valence-corrected chi connectivity index (χ1v) is 7.89. The minimum absolute atomic E-state index is 0.0750. The molecule has 6 nitrogen and oxygen atoms in total. The molecule has 1 fully saturated rings. The Morgan fingerprint density at radius 3 is 2.57 bits per heavy atom. The van der Waals surface area contributed by atoms with Crippen LogP contribution >= 0.6 is 0 Å². The Labute approximate surface area is 138 Å². The van der Waals surface area contributed by atoms with Crippen LogP contribution in [0.2, 0.25) is 0 Å². The van der Waals surface area contributed by atoms with Crippen LogP contribution in [0.5, 0.6) is 11.5 Å². The molecule has 23 heavy (non-hydrogen) atoms. The summed E-state index contributed by atoms with van der Waals surface area (Å²) in [6, 6.07) is 5.67. The Balaban J connectivity index is 2.42. The van der Waals surface area contributed by atoms with E-state index in [-0.39, 0.29) is 18.0 Å². The Morgan fingerprint density at radius 1 is 1.30 bits per heavy atom. The molecule has 1 saturated heterocycles. The molecule has 0 bridgehead atoms. The minimum Gasteiger partial charge on any atom is -0.493 e. The van der Waals surface area contributed by atoms with Gasteiger partial charge in [0.2, 0.25) is 5.91 Å². The van der Waals surface area contributed by atoms with E-state index in [1.807, 2.05) is 18.2 Å². The van der Waals surface area contributed by atoms with Crippen molar-refractivity contribution >= 4 is 5.91 Å². The van der Waals surface area contributed by atoms with Gasteiger partial charge in [0, 0.05) is 39.8 Å². The average molecular weight is 321 g/mol. The number of amides is 1. The number of nitrogens with zero attached hydrogens (tertiary/aromatic N) is 2. The molecule has 0 spiro atoms. The fourth-order valence-corrected chi connectivity index (χ4v) is 2.98. The van der Waals surface area contributed by atoms with Gasteiger partial charge in [-0.25, -0.2) is 0 Å². The number of carbonyl (C=O) groups excluding carboxylic acids is 1. The fourth-order valence-electron chi connectivity index (χ4n) is 2.98. The summed E-state index contributed by atoms with van der Waals surface area (Å²) < 4.78 is 10.7. The lowest BCUT2D eigenvalue weighted by molar-refractivity contribution is -0.136. The van der Waals surface area contributed by atoms with Crippen molar-refractivity contribution in [3.05, 3.63) is 23.8 Å². The van der Waals surface area contributed by atoms with Crippen LogP contribution in [0.15, 0.2) is 18.2 Å². The third-order valence-electron chi connectivity index (χ3n) is 4.28. The second-order valence-electron chi connectivity index (χ2n) is 6.04. The van der Waals surface area contributed by atoms with Gasteiger partial charge in [-0.15, -0.1) is 0 Å². The monoisotopic (exact) mass is 321 g/mol. The maximum Gasteiger partial charge on any atom is 0.244 e. The van der Waals surface area contributed by atoms with E-state index in [4.69, 9.17) is 9.47 Å². The molecular weight excluding hydrogens is 294 g/mol. The minimum atomic E-state index is -0.318. The number of hydrogen-bond acceptors (Lipinski definition) is 5. The highest BCUT2D eigenvalue weighted by atomic mass is 16.5. The first-order valence-electron chi connectivity index (χ1n) is 7.89. The largest absolute Gasteiger partial charge is 0.493 e. The van der Waals surface area contributed by atoms with E-state index in [1.165, 1.54) is 0 Å². The second kappa shape index (κ2) is 7.66. The standard InChI is InChI=1S/C17H27N3O3/c1-12-11-18-8-9-20(12)16(17(21)19(2)3)13-6-7-14(22-4)15(10-13)23-5/h6-7,10,12,16,18H,8-9,11H2,1-5H3. The van der Waals surface area contributed by atoms with Gasteiger partial charge in [0.15, 0.2) is 11.5 Å². The predicted octanol–water partition coefficient (Wildman–Crippen LogP) is 1.13. The summed E-state index contributed by atoms with van der Waals surface area (Å²) in [6.45, 7) is 4.74. The lowest BCUT2D eigenvalue weighted by Crippen LogP contribution is -2.54. The third-order valence-corrected chi connectivity index (χ3v) is 4.28. The Morgan fingerprint density at radius 2 is 2.00 bits per heavy atom. The molecule has 0 aliphatic carbocycles. The van der Waals surface area contributed by atoms with Gasteiger partial charge in [0.1, 0.15) is 6.04 Å². The zero-order valence-electron chi connectivity index (χ0n) is 14.6. The normalized spacial score (nSPS) is 20.0. The van der Waals surface area contributed by atoms with Crippen LogP contribution in [-0.4, -0.2) is 69.7 Å². The van der Waals surface area contributed by atoms with Crippen molar-refractivity contribution in [2.75, 3.05) is 47.9 Å². The number of hydrogen-bond donors (Lipinski definition) is 1. The molecule has 2 rings (SSSR count). The van der Waals surface area contributed by atoms with E-state index >= 15 is 0 Å². The number of methoxy groups -OCH3 is 2. The summed E-state index contributed by atoms with van der Waals surface area (Å²) in [5, 5.41) is 3.37. The zero-order chi connectivity index (χ0) is 17.0. The molecule has 2 atom stereocenters. The summed E-state index contributed by atoms with van der Waals surface area (Å²) >= 11 is 0. The number of carbonyl (C=O) groups is 1. The van der Waals surface area contributed by atoms with E-state index in [2.05, 4.69) is 17.1 Å². The van der Waals surface area contributed by atoms with Gasteiger partial charge in [0.05, 0.1) is 14.2 Å². The first kappa shape index (κ1) is 17.6. The molecule has 1 aromatic rings. The van der Waals surface area contributed by atoms with Crippen molar-refractivity contribution in [1.29, 1.82) is 0 Å². The lowest BCUT2D eigenvalue weighted by Gasteiger charge is -2.40. The number of ether oxygens (including phenoxy) is 2. The highest BCUT2D eigenvalue weighted by molar-refractivity contribution is 5.83. The van der Waals surface area contributed by atoms with Crippen molar-refractivity contribution in [2.45, 2.75) is 19.0 Å². The van der Waals surface area contributed by atoms with Crippen LogP contribution in [0.3, 0.4) is 0 Å². The van der Waals surface area contributed by atoms with Gasteiger partial charge < -0.3 is 19.7 Å². The van der Waals surface area contributed by atoms with Crippen LogP contribution < -0.4 is 14.8 Å². The molecule has 0 saturated carbocycles. The number of nitrogens with one attached hydrogen (secondary N) is 1. The van der Waals surface area contributed by atoms with Crippen LogP contribution in [0, 0.1) is 0 Å². The van der Waals surface area contributed by atoms with Crippen molar-refractivity contribution in [1.82, 2.24) is 15.1 Å². The molecule has 1 N–H and O–H groups in total. The third kappa shape index (κ3) is 3.76. The van der Waals surface area contributed by atoms with Crippen LogP contribution in [-0.2, 0) is 4.79 Å². The quantitative estimate of drug-likeness (QED) is 0.881. The highest BCUT2D eigenvalue weighted by Gasteiger charge is 2.33. The van der Waals surface area contributed by atoms with Gasteiger partial charge in [-0.3, -0.25) is 9.69 Å². The predicted molar refractivity (Wildman–Crippen MR) is 90.0 cm³/mol. The van der Waals surface area contributed by atoms with Gasteiger partial charge in [-0.1, -0.05) is 6.07 Å². The smallest absolute Gasteiger partial charge is 0.244 e. The SMILES string of the molecule is COc1ccc(C(C(=O)N(C)C)N2CCNCC2C)cc1OC. The van der Waals surface area contributed by atoms with E-state index in [0.717, 1.165) is 25.2 Å². The maximum absolute atomic E-state index is 12.8. The van der Waals surface area contributed by atoms with Gasteiger partial charge in [0.25, 0.3) is 0 Å². The van der Waals surface area contributed by atoms with E-state index < -0.39 is 0 Å². The zero-order valence-corrected chi connectivity index (χ0v) is 14.6. The Kier molecular flexibility index (Phi) is 5.85. The molecule has 1 heterocycles. The number of rotatable bonds is 5. The molecule has 1 aliphatic rings. The first-order chi connectivity index (χ1) is 11.0. The maximum atomic E-state index is 12.8. The Bertz CT molecular complexity index is 548. The van der Waals surface area contributed by atoms with E-state index in [9.17, 15) is 4.79 Å². The van der Waals surface area contributed by atoms with Crippen molar-refractivity contribution in [3.8, 4) is 11.5 Å². The highest BCUT2D eigenvalue weighted by Crippen LogP contribution is 2.33. The number of likely N-dealkylation sites (N-methyl/N-ethyl adjacent to an activating group) is 1. The molecule has 0 radical (unpaired) electrons. The summed E-state index contributed by atoms with van der Waals surface area (Å²) in [6.07, 6.45) is 0. The van der Waals surface area contributed by atoms with E-state index in [1.54, 1.807) is 33.2 Å². The lowest BCUT2D eigenvalue weighted by atomic mass is 10.00. The molecule has 128 valence electrons. The summed E-state index contributed by atoms with van der Waals surface area (Å²) in [5.74, 6) is 1.39. The average Bonchev–Trinajstić information content (AvgIpc) is 2.56. The molecule has 1 aromatic carbocycles. The molecule has 6 heteroatoms. The summed E-state index contributed by atoms with van der Waals surface area (Å²) in [4.78, 5) is 16.7. The molecule has 0 aromatic heterocycles. The van der Waals surface area contributed by atoms with E-state index in [0.29, 0.717) is 11.5 Å². The van der Waals surface area contributed by atoms with Crippen LogP contribution in [0.25, 0.3) is 0 Å². The van der Waals surface area contributed by atoms with Crippen LogP contribution in [0.4, 0.5) is 0 Å². The summed E-state index contributed by atoms with van der Waals surface area (Å²) in [7, 11) is 6.81. The van der Waals surface area contributed by atoms with Crippen LogP contribution in [0.1, 0.15) is 18.5 Å². The van der Waals surface area contributed by atoms with Crippen molar-refractivity contribution in [3.63, 3.8) is 0 Å². The van der Waals surface area contributed by atoms with Crippen molar-refractivity contribution in [2.24, 2.45) is 0 Å². The van der Waals surface area contributed by atoms with Crippen molar-refractivity contribution < 1.29 is 14.3 Å². The number of piperazine rings is 1. The molecular formula is C17H27N3O3. The summed E-state index contributed by atoms with van der Waals surface area (Å²) in [5.41, 5.74) is 0.926. The Hall–Kier alpha value is -1.79.